The van der Waals surface area contributed by atoms with E-state index in [-0.39, 0.29) is 42.6 Å². The number of carbonyl (C=O) groups excluding carboxylic acids is 3. The molecule has 0 aromatic heterocycles. The Morgan fingerprint density at radius 1 is 1.20 bits per heavy atom. The molecule has 7 nitrogen and oxygen atoms in total. The van der Waals surface area contributed by atoms with Gasteiger partial charge >= 0.3 is 0 Å². The van der Waals surface area contributed by atoms with Gasteiger partial charge in [-0.05, 0) is 18.8 Å². The fourth-order valence-electron chi connectivity index (χ4n) is 4.07. The van der Waals surface area contributed by atoms with Gasteiger partial charge in [-0.2, -0.15) is 0 Å². The SMILES string of the molecule is CC(C)CC(CC(=O)N1CCOCC1)C(=O)N1CCC2OCC(=O)C21. The number of nitrogens with zero attached hydrogens (tertiary/aromatic N) is 2. The van der Waals surface area contributed by atoms with Gasteiger partial charge in [0.15, 0.2) is 5.78 Å². The Kier molecular flexibility index (Phi) is 5.74. The molecule has 0 aromatic rings. The van der Waals surface area contributed by atoms with Gasteiger partial charge < -0.3 is 19.3 Å². The van der Waals surface area contributed by atoms with E-state index in [1.807, 2.05) is 0 Å². The summed E-state index contributed by atoms with van der Waals surface area (Å²) in [5.41, 5.74) is 0. The van der Waals surface area contributed by atoms with Gasteiger partial charge in [0.1, 0.15) is 12.6 Å². The van der Waals surface area contributed by atoms with Crippen molar-refractivity contribution >= 4 is 17.6 Å². The molecule has 0 aromatic carbocycles. The summed E-state index contributed by atoms with van der Waals surface area (Å²) in [7, 11) is 0. The minimum Gasteiger partial charge on any atom is -0.378 e. The van der Waals surface area contributed by atoms with Crippen molar-refractivity contribution in [3.63, 3.8) is 0 Å². The number of rotatable bonds is 5. The molecule has 2 amide bonds. The van der Waals surface area contributed by atoms with Gasteiger partial charge in [0, 0.05) is 32.0 Å². The second kappa shape index (κ2) is 7.83. The lowest BCUT2D eigenvalue weighted by atomic mass is 9.91. The van der Waals surface area contributed by atoms with Gasteiger partial charge in [-0.3, -0.25) is 14.4 Å². The Hall–Kier alpha value is -1.47. The summed E-state index contributed by atoms with van der Waals surface area (Å²) in [5, 5.41) is 0. The molecule has 3 aliphatic rings. The molecule has 3 aliphatic heterocycles. The fourth-order valence-corrected chi connectivity index (χ4v) is 4.07. The molecule has 0 saturated carbocycles. The average molecular weight is 352 g/mol. The maximum Gasteiger partial charge on any atom is 0.226 e. The molecule has 0 bridgehead atoms. The molecular formula is C18H28N2O5. The van der Waals surface area contributed by atoms with Crippen molar-refractivity contribution in [3.05, 3.63) is 0 Å². The quantitative estimate of drug-likeness (QED) is 0.719. The summed E-state index contributed by atoms with van der Waals surface area (Å²) < 4.78 is 10.8. The molecule has 25 heavy (non-hydrogen) atoms. The molecule has 0 aliphatic carbocycles. The first-order valence-electron chi connectivity index (χ1n) is 9.27. The largest absolute Gasteiger partial charge is 0.378 e. The van der Waals surface area contributed by atoms with Crippen LogP contribution in [0.3, 0.4) is 0 Å². The lowest BCUT2D eigenvalue weighted by Gasteiger charge is -2.31. The number of hydrogen-bond acceptors (Lipinski definition) is 5. The van der Waals surface area contributed by atoms with E-state index in [4.69, 9.17) is 9.47 Å². The molecule has 3 saturated heterocycles. The van der Waals surface area contributed by atoms with Crippen LogP contribution < -0.4 is 0 Å². The second-order valence-corrected chi connectivity index (χ2v) is 7.60. The lowest BCUT2D eigenvalue weighted by molar-refractivity contribution is -0.145. The van der Waals surface area contributed by atoms with Crippen LogP contribution in [0.25, 0.3) is 0 Å². The van der Waals surface area contributed by atoms with Crippen molar-refractivity contribution in [3.8, 4) is 0 Å². The first-order valence-corrected chi connectivity index (χ1v) is 9.27. The number of ketones is 1. The topological polar surface area (TPSA) is 76.2 Å². The molecular weight excluding hydrogens is 324 g/mol. The number of ether oxygens (including phenoxy) is 2. The van der Waals surface area contributed by atoms with Crippen LogP contribution in [0.5, 0.6) is 0 Å². The van der Waals surface area contributed by atoms with Gasteiger partial charge in [0.2, 0.25) is 11.8 Å². The van der Waals surface area contributed by atoms with E-state index in [0.29, 0.717) is 51.6 Å². The summed E-state index contributed by atoms with van der Waals surface area (Å²) in [6.45, 7) is 7.02. The van der Waals surface area contributed by atoms with Crippen molar-refractivity contribution in [1.82, 2.24) is 9.80 Å². The van der Waals surface area contributed by atoms with E-state index in [1.54, 1.807) is 9.80 Å². The summed E-state index contributed by atoms with van der Waals surface area (Å²) in [6, 6.07) is -0.444. The van der Waals surface area contributed by atoms with Gasteiger partial charge in [0.25, 0.3) is 0 Å². The van der Waals surface area contributed by atoms with Crippen LogP contribution in [0.4, 0.5) is 0 Å². The fraction of sp³-hybridized carbons (Fsp3) is 0.833. The Bertz CT molecular complexity index is 530. The van der Waals surface area contributed by atoms with Gasteiger partial charge in [-0.15, -0.1) is 0 Å². The van der Waals surface area contributed by atoms with Crippen molar-refractivity contribution in [2.24, 2.45) is 11.8 Å². The first-order chi connectivity index (χ1) is 12.0. The Balaban J connectivity index is 1.68. The third kappa shape index (κ3) is 4.03. The number of carbonyl (C=O) groups is 3. The molecule has 3 unspecified atom stereocenters. The monoisotopic (exact) mass is 352 g/mol. The molecule has 3 fully saturated rings. The third-order valence-corrected chi connectivity index (χ3v) is 5.29. The zero-order valence-electron chi connectivity index (χ0n) is 15.1. The van der Waals surface area contributed by atoms with Gasteiger partial charge in [-0.1, -0.05) is 13.8 Å². The maximum absolute atomic E-state index is 13.1. The van der Waals surface area contributed by atoms with Crippen LogP contribution in [-0.4, -0.2) is 79.0 Å². The maximum atomic E-state index is 13.1. The van der Waals surface area contributed by atoms with Crippen molar-refractivity contribution < 1.29 is 23.9 Å². The molecule has 0 N–H and O–H groups in total. The Morgan fingerprint density at radius 3 is 2.60 bits per heavy atom. The second-order valence-electron chi connectivity index (χ2n) is 7.60. The molecule has 3 heterocycles. The van der Waals surface area contributed by atoms with E-state index >= 15 is 0 Å². The van der Waals surface area contributed by atoms with Gasteiger partial charge in [0.05, 0.1) is 19.3 Å². The van der Waals surface area contributed by atoms with E-state index < -0.39 is 6.04 Å². The Morgan fingerprint density at radius 2 is 1.92 bits per heavy atom. The summed E-state index contributed by atoms with van der Waals surface area (Å²) in [5.74, 6) is -0.143. The predicted molar refractivity (Wildman–Crippen MR) is 89.8 cm³/mol. The summed E-state index contributed by atoms with van der Waals surface area (Å²) >= 11 is 0. The minimum absolute atomic E-state index is 0.00652. The van der Waals surface area contributed by atoms with Crippen LogP contribution in [0.1, 0.15) is 33.1 Å². The predicted octanol–water partition coefficient (Wildman–Crippen LogP) is 0.466. The van der Waals surface area contributed by atoms with Crippen LogP contribution >= 0.6 is 0 Å². The molecule has 3 rings (SSSR count). The third-order valence-electron chi connectivity index (χ3n) is 5.29. The van der Waals surface area contributed by atoms with Crippen molar-refractivity contribution in [2.45, 2.75) is 45.3 Å². The zero-order chi connectivity index (χ0) is 18.0. The average Bonchev–Trinajstić information content (AvgIpc) is 3.17. The van der Waals surface area contributed by atoms with Crippen LogP contribution in [0.2, 0.25) is 0 Å². The highest BCUT2D eigenvalue weighted by atomic mass is 16.5. The number of morpholine rings is 1. The van der Waals surface area contributed by atoms with Crippen molar-refractivity contribution in [1.29, 1.82) is 0 Å². The highest BCUT2D eigenvalue weighted by molar-refractivity contribution is 5.94. The number of likely N-dealkylation sites (tertiary alicyclic amines) is 1. The van der Waals surface area contributed by atoms with Crippen LogP contribution in [0, 0.1) is 11.8 Å². The van der Waals surface area contributed by atoms with Crippen molar-refractivity contribution in [2.75, 3.05) is 39.5 Å². The number of fused-ring (bicyclic) bond motifs is 1. The number of hydrogen-bond donors (Lipinski definition) is 0. The smallest absolute Gasteiger partial charge is 0.226 e. The lowest BCUT2D eigenvalue weighted by Crippen LogP contribution is -2.47. The molecule has 3 atom stereocenters. The minimum atomic E-state index is -0.444. The van der Waals surface area contributed by atoms with E-state index in [1.165, 1.54) is 0 Å². The summed E-state index contributed by atoms with van der Waals surface area (Å²) in [6.07, 6.45) is 1.40. The molecule has 7 heteroatoms. The molecule has 140 valence electrons. The summed E-state index contributed by atoms with van der Waals surface area (Å²) in [4.78, 5) is 41.2. The van der Waals surface area contributed by atoms with E-state index in [2.05, 4.69) is 13.8 Å². The zero-order valence-corrected chi connectivity index (χ0v) is 15.1. The molecule has 0 spiro atoms. The normalized spacial score (nSPS) is 27.7. The highest BCUT2D eigenvalue weighted by Gasteiger charge is 2.48. The van der Waals surface area contributed by atoms with E-state index in [9.17, 15) is 14.4 Å². The first kappa shape index (κ1) is 18.3. The molecule has 0 radical (unpaired) electrons. The van der Waals surface area contributed by atoms with Crippen LogP contribution in [0.15, 0.2) is 0 Å². The van der Waals surface area contributed by atoms with Gasteiger partial charge in [-0.25, -0.2) is 0 Å². The Labute approximate surface area is 148 Å². The standard InChI is InChI=1S/C18H28N2O5/c1-12(2)9-13(10-16(22)19-5-7-24-8-6-19)18(23)20-4-3-15-17(20)14(21)11-25-15/h12-13,15,17H,3-11H2,1-2H3. The number of amides is 2. The highest BCUT2D eigenvalue weighted by Crippen LogP contribution is 2.30. The van der Waals surface area contributed by atoms with Crippen LogP contribution in [-0.2, 0) is 23.9 Å². The van der Waals surface area contributed by atoms with E-state index in [0.717, 1.165) is 0 Å². The number of Topliss-reactive ketones (excluding diaryl/α,β-unsaturated/α-hetero) is 1.